The monoisotopic (exact) mass is 197 g/mol. The van der Waals surface area contributed by atoms with Crippen LogP contribution in [0.1, 0.15) is 18.2 Å². The molecule has 0 spiro atoms. The topological polar surface area (TPSA) is 73.3 Å². The van der Waals surface area contributed by atoms with Gasteiger partial charge < -0.3 is 15.6 Å². The van der Waals surface area contributed by atoms with Crippen molar-refractivity contribution in [1.29, 1.82) is 0 Å². The molecule has 2 unspecified atom stereocenters. The van der Waals surface area contributed by atoms with Gasteiger partial charge in [0.2, 0.25) is 0 Å². The highest BCUT2D eigenvalue weighted by Gasteiger charge is 2.40. The minimum atomic E-state index is -0.937. The van der Waals surface area contributed by atoms with Gasteiger partial charge in [-0.3, -0.25) is 4.68 Å². The molecule has 0 aromatic carbocycles. The van der Waals surface area contributed by atoms with E-state index in [1.807, 2.05) is 13.1 Å². The van der Waals surface area contributed by atoms with Gasteiger partial charge in [0.1, 0.15) is 5.60 Å². The lowest BCUT2D eigenvalue weighted by Crippen LogP contribution is -2.42. The van der Waals surface area contributed by atoms with E-state index < -0.39 is 11.6 Å². The zero-order valence-electron chi connectivity index (χ0n) is 8.18. The van der Waals surface area contributed by atoms with E-state index in [1.165, 1.54) is 0 Å². The Morgan fingerprint density at radius 2 is 2.57 bits per heavy atom. The van der Waals surface area contributed by atoms with E-state index in [-0.39, 0.29) is 0 Å². The van der Waals surface area contributed by atoms with Crippen molar-refractivity contribution in [3.63, 3.8) is 0 Å². The Balaban J connectivity index is 2.23. The van der Waals surface area contributed by atoms with E-state index in [0.717, 1.165) is 5.69 Å². The van der Waals surface area contributed by atoms with Crippen molar-refractivity contribution in [3.05, 3.63) is 18.0 Å². The van der Waals surface area contributed by atoms with Crippen LogP contribution >= 0.6 is 0 Å². The van der Waals surface area contributed by atoms with Gasteiger partial charge in [0.15, 0.2) is 0 Å². The quantitative estimate of drug-likeness (QED) is 0.675. The van der Waals surface area contributed by atoms with Crippen molar-refractivity contribution in [2.75, 3.05) is 13.2 Å². The van der Waals surface area contributed by atoms with Gasteiger partial charge in [-0.15, -0.1) is 0 Å². The lowest BCUT2D eigenvalue weighted by Gasteiger charge is -2.27. The van der Waals surface area contributed by atoms with Crippen molar-refractivity contribution in [2.24, 2.45) is 12.8 Å². The number of rotatable bonds is 2. The Morgan fingerprint density at radius 3 is 3.07 bits per heavy atom. The number of hydrogen-bond donors (Lipinski definition) is 2. The maximum atomic E-state index is 10.2. The predicted octanol–water partition coefficient (Wildman–Crippen LogP) is -0.429. The molecule has 1 aliphatic heterocycles. The molecule has 14 heavy (non-hydrogen) atoms. The first-order valence-electron chi connectivity index (χ1n) is 4.67. The summed E-state index contributed by atoms with van der Waals surface area (Å²) in [7, 11) is 1.81. The van der Waals surface area contributed by atoms with Gasteiger partial charge in [0.05, 0.1) is 18.3 Å². The molecular formula is C9H15N3O2. The largest absolute Gasteiger partial charge is 0.385 e. The second kappa shape index (κ2) is 3.34. The summed E-state index contributed by atoms with van der Waals surface area (Å²) in [5.41, 5.74) is 5.88. The molecular weight excluding hydrogens is 182 g/mol. The highest BCUT2D eigenvalue weighted by molar-refractivity contribution is 5.12. The van der Waals surface area contributed by atoms with E-state index >= 15 is 0 Å². The standard InChI is InChI=1S/C9H15N3O2/c1-12-7(2-4-11-12)8(10)9(13)3-5-14-6-9/h2,4,8,13H,3,5-6,10H2,1H3. The van der Waals surface area contributed by atoms with Crippen LogP contribution in [0.2, 0.25) is 0 Å². The van der Waals surface area contributed by atoms with Gasteiger partial charge in [0.25, 0.3) is 0 Å². The van der Waals surface area contributed by atoms with Gasteiger partial charge in [-0.1, -0.05) is 0 Å². The minimum absolute atomic E-state index is 0.305. The predicted molar refractivity (Wildman–Crippen MR) is 50.5 cm³/mol. The third kappa shape index (κ3) is 1.43. The Hall–Kier alpha value is -0.910. The molecule has 5 nitrogen and oxygen atoms in total. The van der Waals surface area contributed by atoms with E-state index in [4.69, 9.17) is 10.5 Å². The van der Waals surface area contributed by atoms with E-state index in [1.54, 1.807) is 10.9 Å². The SMILES string of the molecule is Cn1nccc1C(N)C1(O)CCOC1. The number of aromatic nitrogens is 2. The fourth-order valence-electron chi connectivity index (χ4n) is 1.78. The van der Waals surface area contributed by atoms with Crippen LogP contribution in [0.5, 0.6) is 0 Å². The molecule has 1 saturated heterocycles. The summed E-state index contributed by atoms with van der Waals surface area (Å²) in [6, 6.07) is 1.39. The van der Waals surface area contributed by atoms with Crippen LogP contribution in [0.15, 0.2) is 12.3 Å². The number of ether oxygens (including phenoxy) is 1. The second-order valence-corrected chi connectivity index (χ2v) is 3.76. The van der Waals surface area contributed by atoms with Gasteiger partial charge in [-0.05, 0) is 6.07 Å². The maximum absolute atomic E-state index is 10.2. The maximum Gasteiger partial charge on any atom is 0.111 e. The van der Waals surface area contributed by atoms with Crippen LogP contribution in [-0.4, -0.2) is 33.7 Å². The summed E-state index contributed by atoms with van der Waals surface area (Å²) in [6.45, 7) is 0.876. The second-order valence-electron chi connectivity index (χ2n) is 3.76. The number of aliphatic hydroxyl groups is 1. The molecule has 1 aromatic rings. The zero-order valence-corrected chi connectivity index (χ0v) is 8.18. The third-order valence-corrected chi connectivity index (χ3v) is 2.79. The van der Waals surface area contributed by atoms with Crippen molar-refractivity contribution >= 4 is 0 Å². The summed E-state index contributed by atoms with van der Waals surface area (Å²) in [4.78, 5) is 0. The van der Waals surface area contributed by atoms with Crippen molar-refractivity contribution < 1.29 is 9.84 Å². The third-order valence-electron chi connectivity index (χ3n) is 2.79. The molecule has 3 N–H and O–H groups in total. The molecule has 0 radical (unpaired) electrons. The van der Waals surface area contributed by atoms with Crippen molar-refractivity contribution in [3.8, 4) is 0 Å². The van der Waals surface area contributed by atoms with E-state index in [2.05, 4.69) is 5.10 Å². The van der Waals surface area contributed by atoms with Gasteiger partial charge in [-0.25, -0.2) is 0 Å². The molecule has 2 heterocycles. The number of nitrogens with zero attached hydrogens (tertiary/aromatic N) is 2. The molecule has 2 atom stereocenters. The summed E-state index contributed by atoms with van der Waals surface area (Å²) in [5.74, 6) is 0. The Morgan fingerprint density at radius 1 is 1.79 bits per heavy atom. The normalized spacial score (nSPS) is 29.4. The Bertz CT molecular complexity index is 318. The molecule has 2 rings (SSSR count). The van der Waals surface area contributed by atoms with E-state index in [9.17, 15) is 5.11 Å². The number of aryl methyl sites for hydroxylation is 1. The van der Waals surface area contributed by atoms with Crippen LogP contribution in [0, 0.1) is 0 Å². The van der Waals surface area contributed by atoms with Crippen LogP contribution in [0.3, 0.4) is 0 Å². The van der Waals surface area contributed by atoms with E-state index in [0.29, 0.717) is 19.6 Å². The summed E-state index contributed by atoms with van der Waals surface area (Å²) in [5, 5.41) is 14.2. The lowest BCUT2D eigenvalue weighted by molar-refractivity contribution is 0.00146. The highest BCUT2D eigenvalue weighted by Crippen LogP contribution is 2.30. The molecule has 78 valence electrons. The first-order valence-corrected chi connectivity index (χ1v) is 4.67. The number of hydrogen-bond acceptors (Lipinski definition) is 4. The van der Waals surface area contributed by atoms with Crippen molar-refractivity contribution in [1.82, 2.24) is 9.78 Å². The smallest absolute Gasteiger partial charge is 0.111 e. The van der Waals surface area contributed by atoms with Gasteiger partial charge in [-0.2, -0.15) is 5.10 Å². The number of nitrogens with two attached hydrogens (primary N) is 1. The first kappa shape index (κ1) is 9.64. The van der Waals surface area contributed by atoms with Crippen molar-refractivity contribution in [2.45, 2.75) is 18.1 Å². The summed E-state index contributed by atoms with van der Waals surface area (Å²) in [6.07, 6.45) is 2.26. The average Bonchev–Trinajstić information content (AvgIpc) is 2.74. The molecule has 0 amide bonds. The molecule has 1 fully saturated rings. The van der Waals surface area contributed by atoms with Gasteiger partial charge in [0, 0.05) is 26.3 Å². The minimum Gasteiger partial charge on any atom is -0.385 e. The van der Waals surface area contributed by atoms with Crippen LogP contribution in [-0.2, 0) is 11.8 Å². The zero-order chi connectivity index (χ0) is 10.2. The summed E-state index contributed by atoms with van der Waals surface area (Å²) >= 11 is 0. The molecule has 1 aliphatic rings. The Labute approximate surface area is 82.5 Å². The molecule has 0 bridgehead atoms. The average molecular weight is 197 g/mol. The lowest BCUT2D eigenvalue weighted by atomic mass is 9.92. The first-order chi connectivity index (χ1) is 6.63. The molecule has 5 heteroatoms. The van der Waals surface area contributed by atoms with Crippen LogP contribution < -0.4 is 5.73 Å². The van der Waals surface area contributed by atoms with Gasteiger partial charge >= 0.3 is 0 Å². The fourth-order valence-corrected chi connectivity index (χ4v) is 1.78. The summed E-state index contributed by atoms with van der Waals surface area (Å²) < 4.78 is 6.84. The van der Waals surface area contributed by atoms with Crippen LogP contribution in [0.25, 0.3) is 0 Å². The molecule has 1 aromatic heterocycles. The highest BCUT2D eigenvalue weighted by atomic mass is 16.5. The Kier molecular flexibility index (Phi) is 2.30. The molecule has 0 aliphatic carbocycles. The fraction of sp³-hybridized carbons (Fsp3) is 0.667. The van der Waals surface area contributed by atoms with Crippen LogP contribution in [0.4, 0.5) is 0 Å². The molecule has 0 saturated carbocycles.